The number of benzene rings is 1. The Kier molecular flexibility index (Phi) is 3.33. The molecular weight excluding hydrogens is 233 g/mol. The van der Waals surface area contributed by atoms with Crippen molar-refractivity contribution >= 4 is 0 Å². The number of halogens is 1. The molecule has 4 heteroatoms. The molecule has 1 spiro atoms. The monoisotopic (exact) mass is 251 g/mol. The Morgan fingerprint density at radius 3 is 2.89 bits per heavy atom. The van der Waals surface area contributed by atoms with Gasteiger partial charge in [0.05, 0.1) is 19.8 Å². The lowest BCUT2D eigenvalue weighted by molar-refractivity contribution is -0.190. The van der Waals surface area contributed by atoms with E-state index in [4.69, 9.17) is 9.47 Å². The maximum atomic E-state index is 13.1. The molecule has 0 saturated carbocycles. The Morgan fingerprint density at radius 2 is 2.11 bits per heavy atom. The third kappa shape index (κ3) is 2.55. The third-order valence-electron chi connectivity index (χ3n) is 3.61. The van der Waals surface area contributed by atoms with Gasteiger partial charge < -0.3 is 9.47 Å². The van der Waals surface area contributed by atoms with Gasteiger partial charge in [-0.25, -0.2) is 4.39 Å². The summed E-state index contributed by atoms with van der Waals surface area (Å²) in [6.07, 6.45) is 2.03. The van der Waals surface area contributed by atoms with Gasteiger partial charge in [0.25, 0.3) is 0 Å². The second-order valence-electron chi connectivity index (χ2n) is 5.05. The zero-order chi connectivity index (χ0) is 12.4. The molecule has 1 aromatic rings. The maximum absolute atomic E-state index is 13.1. The molecule has 2 aliphatic rings. The van der Waals surface area contributed by atoms with Crippen LogP contribution in [0.25, 0.3) is 0 Å². The van der Waals surface area contributed by atoms with E-state index in [0.29, 0.717) is 13.2 Å². The maximum Gasteiger partial charge on any atom is 0.181 e. The summed E-state index contributed by atoms with van der Waals surface area (Å²) in [5.41, 5.74) is 1.00. The third-order valence-corrected chi connectivity index (χ3v) is 3.61. The van der Waals surface area contributed by atoms with Crippen LogP contribution >= 0.6 is 0 Å². The van der Waals surface area contributed by atoms with Gasteiger partial charge in [-0.15, -0.1) is 0 Å². The van der Waals surface area contributed by atoms with Gasteiger partial charge in [0.1, 0.15) is 5.82 Å². The number of nitrogens with zero attached hydrogens (tertiary/aromatic N) is 1. The number of ether oxygens (including phenoxy) is 2. The predicted molar refractivity (Wildman–Crippen MR) is 65.5 cm³/mol. The van der Waals surface area contributed by atoms with Gasteiger partial charge in [-0.2, -0.15) is 0 Å². The van der Waals surface area contributed by atoms with Crippen LogP contribution in [0, 0.1) is 5.82 Å². The molecule has 98 valence electrons. The van der Waals surface area contributed by atoms with Gasteiger partial charge in [-0.1, -0.05) is 12.1 Å². The molecule has 3 rings (SSSR count). The lowest BCUT2D eigenvalue weighted by Crippen LogP contribution is -2.48. The van der Waals surface area contributed by atoms with Gasteiger partial charge >= 0.3 is 0 Å². The molecule has 0 aromatic heterocycles. The summed E-state index contributed by atoms with van der Waals surface area (Å²) < 4.78 is 24.6. The molecule has 2 aliphatic heterocycles. The largest absolute Gasteiger partial charge is 0.346 e. The zero-order valence-electron chi connectivity index (χ0n) is 10.4. The van der Waals surface area contributed by atoms with Crippen LogP contribution in [0.15, 0.2) is 24.3 Å². The van der Waals surface area contributed by atoms with Crippen LogP contribution in [0.4, 0.5) is 4.39 Å². The van der Waals surface area contributed by atoms with Gasteiger partial charge in [-0.05, 0) is 30.7 Å². The predicted octanol–water partition coefficient (Wildman–Crippen LogP) is 2.16. The Labute approximate surface area is 106 Å². The standard InChI is InChI=1S/C14H18FNO2/c15-13-4-1-3-12(9-13)10-16-6-2-5-14(11-16)17-7-8-18-14/h1,3-4,9H,2,5-8,10-11H2. The molecule has 0 bridgehead atoms. The SMILES string of the molecule is Fc1cccc(CN2CCCC3(C2)OCCO3)c1. The Balaban J connectivity index is 1.66. The summed E-state index contributed by atoms with van der Waals surface area (Å²) in [4.78, 5) is 2.28. The number of hydrogen-bond acceptors (Lipinski definition) is 3. The lowest BCUT2D eigenvalue weighted by atomic mass is 10.0. The Morgan fingerprint density at radius 1 is 1.28 bits per heavy atom. The fourth-order valence-corrected chi connectivity index (χ4v) is 2.83. The minimum Gasteiger partial charge on any atom is -0.346 e. The molecular formula is C14H18FNO2. The molecule has 18 heavy (non-hydrogen) atoms. The first-order valence-corrected chi connectivity index (χ1v) is 6.51. The Bertz CT molecular complexity index is 418. The van der Waals surface area contributed by atoms with Crippen LogP contribution < -0.4 is 0 Å². The average molecular weight is 251 g/mol. The molecule has 2 fully saturated rings. The van der Waals surface area contributed by atoms with Crippen molar-refractivity contribution in [2.45, 2.75) is 25.2 Å². The van der Waals surface area contributed by atoms with Gasteiger partial charge in [0.2, 0.25) is 0 Å². The van der Waals surface area contributed by atoms with Crippen molar-refractivity contribution < 1.29 is 13.9 Å². The first-order valence-electron chi connectivity index (χ1n) is 6.51. The van der Waals surface area contributed by atoms with Crippen molar-refractivity contribution in [1.29, 1.82) is 0 Å². The second kappa shape index (κ2) is 4.96. The Hall–Kier alpha value is -0.970. The van der Waals surface area contributed by atoms with Crippen LogP contribution in [-0.2, 0) is 16.0 Å². The zero-order valence-corrected chi connectivity index (χ0v) is 10.4. The first-order chi connectivity index (χ1) is 8.76. The van der Waals surface area contributed by atoms with E-state index >= 15 is 0 Å². The summed E-state index contributed by atoms with van der Waals surface area (Å²) >= 11 is 0. The fraction of sp³-hybridized carbons (Fsp3) is 0.571. The highest BCUT2D eigenvalue weighted by Crippen LogP contribution is 2.30. The number of likely N-dealkylation sites (tertiary alicyclic amines) is 1. The van der Waals surface area contributed by atoms with E-state index < -0.39 is 5.79 Å². The molecule has 1 aromatic carbocycles. The fourth-order valence-electron chi connectivity index (χ4n) is 2.83. The van der Waals surface area contributed by atoms with Crippen molar-refractivity contribution in [3.63, 3.8) is 0 Å². The minimum atomic E-state index is -0.397. The van der Waals surface area contributed by atoms with Crippen molar-refractivity contribution in [1.82, 2.24) is 4.90 Å². The molecule has 0 radical (unpaired) electrons. The topological polar surface area (TPSA) is 21.7 Å². The molecule has 0 atom stereocenters. The lowest BCUT2D eigenvalue weighted by Gasteiger charge is -2.38. The minimum absolute atomic E-state index is 0.174. The molecule has 3 nitrogen and oxygen atoms in total. The molecule has 2 saturated heterocycles. The van der Waals surface area contributed by atoms with Gasteiger partial charge in [0.15, 0.2) is 5.79 Å². The van der Waals surface area contributed by atoms with Crippen LogP contribution in [0.3, 0.4) is 0 Å². The van der Waals surface area contributed by atoms with E-state index in [-0.39, 0.29) is 5.82 Å². The summed E-state index contributed by atoms with van der Waals surface area (Å²) in [6.45, 7) is 3.93. The molecule has 0 amide bonds. The normalized spacial score (nSPS) is 23.6. The highest BCUT2D eigenvalue weighted by atomic mass is 19.1. The molecule has 0 aliphatic carbocycles. The van der Waals surface area contributed by atoms with E-state index in [1.807, 2.05) is 6.07 Å². The van der Waals surface area contributed by atoms with Crippen molar-refractivity contribution in [3.8, 4) is 0 Å². The molecule has 2 heterocycles. The highest BCUT2D eigenvalue weighted by Gasteiger charge is 2.40. The number of hydrogen-bond donors (Lipinski definition) is 0. The molecule has 0 N–H and O–H groups in total. The van der Waals surface area contributed by atoms with Crippen molar-refractivity contribution in [2.24, 2.45) is 0 Å². The van der Waals surface area contributed by atoms with E-state index in [0.717, 1.165) is 38.0 Å². The summed E-state index contributed by atoms with van der Waals surface area (Å²) in [5, 5.41) is 0. The van der Waals surface area contributed by atoms with E-state index in [1.54, 1.807) is 12.1 Å². The van der Waals surface area contributed by atoms with E-state index in [2.05, 4.69) is 4.90 Å². The summed E-state index contributed by atoms with van der Waals surface area (Å²) in [7, 11) is 0. The van der Waals surface area contributed by atoms with Gasteiger partial charge in [-0.3, -0.25) is 4.90 Å². The van der Waals surface area contributed by atoms with Gasteiger partial charge in [0, 0.05) is 13.0 Å². The van der Waals surface area contributed by atoms with Crippen LogP contribution in [-0.4, -0.2) is 37.0 Å². The number of piperidine rings is 1. The first kappa shape index (κ1) is 12.1. The molecule has 0 unspecified atom stereocenters. The van der Waals surface area contributed by atoms with E-state index in [9.17, 15) is 4.39 Å². The van der Waals surface area contributed by atoms with Crippen molar-refractivity contribution in [3.05, 3.63) is 35.6 Å². The average Bonchev–Trinajstić information content (AvgIpc) is 2.77. The highest BCUT2D eigenvalue weighted by molar-refractivity contribution is 5.16. The van der Waals surface area contributed by atoms with E-state index in [1.165, 1.54) is 6.07 Å². The van der Waals surface area contributed by atoms with Crippen LogP contribution in [0.1, 0.15) is 18.4 Å². The smallest absolute Gasteiger partial charge is 0.181 e. The quantitative estimate of drug-likeness (QED) is 0.804. The number of rotatable bonds is 2. The summed E-state index contributed by atoms with van der Waals surface area (Å²) in [6, 6.07) is 6.79. The van der Waals surface area contributed by atoms with Crippen molar-refractivity contribution in [2.75, 3.05) is 26.3 Å². The van der Waals surface area contributed by atoms with Crippen LogP contribution in [0.2, 0.25) is 0 Å². The second-order valence-corrected chi connectivity index (χ2v) is 5.05. The summed E-state index contributed by atoms with van der Waals surface area (Å²) in [5.74, 6) is -0.571. The van der Waals surface area contributed by atoms with Crippen LogP contribution in [0.5, 0.6) is 0 Å².